The van der Waals surface area contributed by atoms with Gasteiger partial charge < -0.3 is 5.11 Å². The first-order chi connectivity index (χ1) is 22.6. The standard InChI is InChI=1S/C43H41N3O/c1-27(2)32-16-12-17-33(28(3)4)41(32)30-23-24-44-40(26-30)43(5,6)31-14-11-13-29(25-31)36-22-21-35-34-15-7-8-18-37(34)46(42(35)45-36)38-19-9-10-20-39(38)47/h7-28,47H,1-6H3. The molecular weight excluding hydrogens is 574 g/mol. The second kappa shape index (κ2) is 11.9. The fourth-order valence-electron chi connectivity index (χ4n) is 6.92. The van der Waals surface area contributed by atoms with Gasteiger partial charge in [-0.15, -0.1) is 0 Å². The number of para-hydroxylation sites is 3. The molecule has 3 aromatic heterocycles. The Morgan fingerprint density at radius 2 is 1.36 bits per heavy atom. The largest absolute Gasteiger partial charge is 0.506 e. The molecule has 234 valence electrons. The molecule has 47 heavy (non-hydrogen) atoms. The lowest BCUT2D eigenvalue weighted by molar-refractivity contribution is 0.473. The number of hydrogen-bond acceptors (Lipinski definition) is 3. The molecule has 4 nitrogen and oxygen atoms in total. The minimum Gasteiger partial charge on any atom is -0.506 e. The molecule has 0 amide bonds. The van der Waals surface area contributed by atoms with Crippen molar-refractivity contribution in [3.8, 4) is 33.8 Å². The van der Waals surface area contributed by atoms with Crippen LogP contribution in [-0.4, -0.2) is 19.6 Å². The number of pyridine rings is 2. The van der Waals surface area contributed by atoms with Crippen molar-refractivity contribution in [3.05, 3.63) is 144 Å². The summed E-state index contributed by atoms with van der Waals surface area (Å²) in [5, 5.41) is 13.0. The van der Waals surface area contributed by atoms with Gasteiger partial charge in [-0.3, -0.25) is 9.55 Å². The van der Waals surface area contributed by atoms with Crippen LogP contribution in [-0.2, 0) is 5.41 Å². The third-order valence-corrected chi connectivity index (χ3v) is 9.59. The van der Waals surface area contributed by atoms with Crippen molar-refractivity contribution >= 4 is 21.9 Å². The Labute approximate surface area is 277 Å². The van der Waals surface area contributed by atoms with E-state index in [9.17, 15) is 5.11 Å². The smallest absolute Gasteiger partial charge is 0.146 e. The summed E-state index contributed by atoms with van der Waals surface area (Å²) in [5.74, 6) is 1.05. The van der Waals surface area contributed by atoms with Crippen LogP contribution in [0, 0.1) is 0 Å². The van der Waals surface area contributed by atoms with Crippen molar-refractivity contribution in [2.45, 2.75) is 58.8 Å². The van der Waals surface area contributed by atoms with Gasteiger partial charge >= 0.3 is 0 Å². The maximum atomic E-state index is 10.8. The van der Waals surface area contributed by atoms with Crippen molar-refractivity contribution in [2.24, 2.45) is 0 Å². The normalized spacial score (nSPS) is 12.1. The Kier molecular flexibility index (Phi) is 7.68. The first-order valence-electron chi connectivity index (χ1n) is 16.5. The molecule has 0 radical (unpaired) electrons. The Morgan fingerprint density at radius 3 is 2.11 bits per heavy atom. The summed E-state index contributed by atoms with van der Waals surface area (Å²) in [6, 6.07) is 39.8. The molecule has 0 fully saturated rings. The maximum Gasteiger partial charge on any atom is 0.146 e. The van der Waals surface area contributed by atoms with Gasteiger partial charge in [-0.2, -0.15) is 0 Å². The van der Waals surface area contributed by atoms with E-state index in [1.54, 1.807) is 6.07 Å². The van der Waals surface area contributed by atoms with Crippen LogP contribution in [0.5, 0.6) is 5.75 Å². The number of fused-ring (bicyclic) bond motifs is 3. The number of aromatic nitrogens is 3. The van der Waals surface area contributed by atoms with E-state index in [0.717, 1.165) is 38.9 Å². The van der Waals surface area contributed by atoms with Crippen molar-refractivity contribution in [1.82, 2.24) is 14.5 Å². The predicted molar refractivity (Wildman–Crippen MR) is 196 cm³/mol. The fourth-order valence-corrected chi connectivity index (χ4v) is 6.92. The first-order valence-corrected chi connectivity index (χ1v) is 16.5. The zero-order chi connectivity index (χ0) is 32.9. The quantitative estimate of drug-likeness (QED) is 0.194. The van der Waals surface area contributed by atoms with Crippen LogP contribution in [0.3, 0.4) is 0 Å². The van der Waals surface area contributed by atoms with Gasteiger partial charge in [-0.1, -0.05) is 108 Å². The van der Waals surface area contributed by atoms with Crippen LogP contribution in [0.2, 0.25) is 0 Å². The average molecular weight is 616 g/mol. The third kappa shape index (κ3) is 5.28. The zero-order valence-electron chi connectivity index (χ0n) is 28.0. The maximum absolute atomic E-state index is 10.8. The van der Waals surface area contributed by atoms with E-state index in [4.69, 9.17) is 9.97 Å². The van der Waals surface area contributed by atoms with E-state index in [1.165, 1.54) is 27.8 Å². The lowest BCUT2D eigenvalue weighted by atomic mass is 9.78. The summed E-state index contributed by atoms with van der Waals surface area (Å²) >= 11 is 0. The molecule has 4 heteroatoms. The lowest BCUT2D eigenvalue weighted by Crippen LogP contribution is -2.20. The molecule has 0 aliphatic carbocycles. The molecule has 0 spiro atoms. The highest BCUT2D eigenvalue weighted by Gasteiger charge is 2.27. The highest BCUT2D eigenvalue weighted by atomic mass is 16.3. The summed E-state index contributed by atoms with van der Waals surface area (Å²) in [4.78, 5) is 10.2. The van der Waals surface area contributed by atoms with Crippen molar-refractivity contribution in [3.63, 3.8) is 0 Å². The molecule has 0 aliphatic heterocycles. The van der Waals surface area contributed by atoms with Gasteiger partial charge in [0.05, 0.1) is 22.6 Å². The summed E-state index contributed by atoms with van der Waals surface area (Å²) in [7, 11) is 0. The van der Waals surface area contributed by atoms with Crippen molar-refractivity contribution in [2.75, 3.05) is 0 Å². The number of benzene rings is 4. The van der Waals surface area contributed by atoms with Crippen molar-refractivity contribution in [1.29, 1.82) is 0 Å². The zero-order valence-corrected chi connectivity index (χ0v) is 28.0. The minimum absolute atomic E-state index is 0.220. The van der Waals surface area contributed by atoms with E-state index >= 15 is 0 Å². The summed E-state index contributed by atoms with van der Waals surface area (Å²) in [5.41, 5.74) is 11.6. The summed E-state index contributed by atoms with van der Waals surface area (Å²) in [6.07, 6.45) is 1.96. The van der Waals surface area contributed by atoms with Gasteiger partial charge in [0.15, 0.2) is 0 Å². The van der Waals surface area contributed by atoms with E-state index < -0.39 is 0 Å². The molecule has 3 heterocycles. The molecule has 0 saturated carbocycles. The number of phenols is 1. The molecule has 0 unspecified atom stereocenters. The fraction of sp³-hybridized carbons (Fsp3) is 0.209. The Hall–Kier alpha value is -5.22. The van der Waals surface area contributed by atoms with E-state index in [0.29, 0.717) is 17.5 Å². The highest BCUT2D eigenvalue weighted by molar-refractivity contribution is 6.08. The number of nitrogens with zero attached hydrogens (tertiary/aromatic N) is 3. The van der Waals surface area contributed by atoms with Crippen LogP contribution >= 0.6 is 0 Å². The van der Waals surface area contributed by atoms with Crippen molar-refractivity contribution < 1.29 is 5.11 Å². The Morgan fingerprint density at radius 1 is 0.660 bits per heavy atom. The Bertz CT molecular complexity index is 2230. The number of rotatable bonds is 7. The van der Waals surface area contributed by atoms with Crippen LogP contribution in [0.15, 0.2) is 121 Å². The van der Waals surface area contributed by atoms with Crippen LogP contribution in [0.1, 0.15) is 75.8 Å². The second-order valence-electron chi connectivity index (χ2n) is 13.7. The second-order valence-corrected chi connectivity index (χ2v) is 13.7. The van der Waals surface area contributed by atoms with E-state index in [1.807, 2.05) is 36.5 Å². The molecule has 4 aromatic carbocycles. The van der Waals surface area contributed by atoms with E-state index in [-0.39, 0.29) is 11.2 Å². The van der Waals surface area contributed by atoms with Gasteiger partial charge in [0, 0.05) is 27.9 Å². The highest BCUT2D eigenvalue weighted by Crippen LogP contribution is 2.40. The number of aromatic hydroxyl groups is 1. The van der Waals surface area contributed by atoms with Gasteiger partial charge in [-0.25, -0.2) is 4.98 Å². The van der Waals surface area contributed by atoms with Gasteiger partial charge in [-0.05, 0) is 88.2 Å². The molecule has 0 bridgehead atoms. The molecule has 0 aliphatic rings. The monoisotopic (exact) mass is 615 g/mol. The summed E-state index contributed by atoms with van der Waals surface area (Å²) < 4.78 is 2.06. The molecule has 0 atom stereocenters. The van der Waals surface area contributed by atoms with E-state index in [2.05, 4.69) is 125 Å². The van der Waals surface area contributed by atoms with Crippen LogP contribution < -0.4 is 0 Å². The molecule has 1 N–H and O–H groups in total. The van der Waals surface area contributed by atoms with Gasteiger partial charge in [0.25, 0.3) is 0 Å². The lowest BCUT2D eigenvalue weighted by Gasteiger charge is -2.27. The van der Waals surface area contributed by atoms with Gasteiger partial charge in [0.2, 0.25) is 0 Å². The topological polar surface area (TPSA) is 50.9 Å². The summed E-state index contributed by atoms with van der Waals surface area (Å²) in [6.45, 7) is 13.6. The third-order valence-electron chi connectivity index (χ3n) is 9.59. The van der Waals surface area contributed by atoms with Gasteiger partial charge in [0.1, 0.15) is 11.4 Å². The molecular formula is C43H41N3O. The minimum atomic E-state index is -0.356. The first kappa shape index (κ1) is 30.4. The predicted octanol–water partition coefficient (Wildman–Crippen LogP) is 11.2. The average Bonchev–Trinajstić information content (AvgIpc) is 3.41. The number of hydrogen-bond donors (Lipinski definition) is 1. The molecule has 7 rings (SSSR count). The van der Waals surface area contributed by atoms with Crippen LogP contribution in [0.25, 0.3) is 50.0 Å². The van der Waals surface area contributed by atoms with Crippen LogP contribution in [0.4, 0.5) is 0 Å². The number of phenolic OH excluding ortho intramolecular Hbond substituents is 1. The molecule has 7 aromatic rings. The SMILES string of the molecule is CC(C)c1cccc(C(C)C)c1-c1ccnc(C(C)(C)c2cccc(-c3ccc4c5ccccc5n(-c5ccccc5O)c4n3)c2)c1. The molecule has 0 saturated heterocycles. The Balaban J connectivity index is 1.33.